The molecule has 1 aromatic carbocycles. The van der Waals surface area contributed by atoms with E-state index < -0.39 is 0 Å². The molecule has 0 aliphatic heterocycles. The lowest BCUT2D eigenvalue weighted by Crippen LogP contribution is -2.18. The van der Waals surface area contributed by atoms with Crippen LogP contribution in [-0.4, -0.2) is 18.1 Å². The monoisotopic (exact) mass is 283 g/mol. The molecule has 0 spiro atoms. The molecule has 1 atom stereocenters. The van der Waals surface area contributed by atoms with Crippen LogP contribution < -0.4 is 10.6 Å². The number of nitrogens with two attached hydrogens (primary N) is 1. The normalized spacial score (nSPS) is 12.3. The molecular formula is C18H25N3. The van der Waals surface area contributed by atoms with Gasteiger partial charge in [0.05, 0.1) is 0 Å². The predicted molar refractivity (Wildman–Crippen MR) is 90.3 cm³/mol. The van der Waals surface area contributed by atoms with Crippen LogP contribution in [-0.2, 0) is 6.42 Å². The number of aryl methyl sites for hydroxylation is 3. The van der Waals surface area contributed by atoms with Crippen LogP contribution in [0.15, 0.2) is 30.5 Å². The van der Waals surface area contributed by atoms with Gasteiger partial charge in [-0.15, -0.1) is 0 Å². The Bertz CT molecular complexity index is 612. The standard InChI is InChI=1S/C18H25N3/c1-12-6-13(2)8-17(7-12)21(5)18-14(3)9-16(11-20-18)10-15(4)19/h6-9,11,15H,10,19H2,1-5H3. The van der Waals surface area contributed by atoms with E-state index in [1.54, 1.807) is 0 Å². The largest absolute Gasteiger partial charge is 0.329 e. The number of pyridine rings is 1. The van der Waals surface area contributed by atoms with E-state index in [-0.39, 0.29) is 6.04 Å². The minimum Gasteiger partial charge on any atom is -0.329 e. The van der Waals surface area contributed by atoms with E-state index in [1.165, 1.54) is 27.9 Å². The summed E-state index contributed by atoms with van der Waals surface area (Å²) in [5.41, 5.74) is 11.9. The lowest BCUT2D eigenvalue weighted by molar-refractivity contribution is 0.735. The summed E-state index contributed by atoms with van der Waals surface area (Å²) in [7, 11) is 2.06. The second-order valence-electron chi connectivity index (χ2n) is 6.07. The Morgan fingerprint density at radius 1 is 1.10 bits per heavy atom. The molecule has 1 aromatic heterocycles. The fourth-order valence-electron chi connectivity index (χ4n) is 2.73. The molecule has 0 saturated heterocycles. The summed E-state index contributed by atoms with van der Waals surface area (Å²) in [6.07, 6.45) is 2.80. The van der Waals surface area contributed by atoms with E-state index in [0.717, 1.165) is 12.2 Å². The zero-order valence-electron chi connectivity index (χ0n) is 13.6. The van der Waals surface area contributed by atoms with Gasteiger partial charge in [-0.05, 0) is 68.5 Å². The summed E-state index contributed by atoms with van der Waals surface area (Å²) in [6.45, 7) is 8.36. The van der Waals surface area contributed by atoms with E-state index in [0.29, 0.717) is 0 Å². The Balaban J connectivity index is 2.32. The highest BCUT2D eigenvalue weighted by atomic mass is 15.2. The third-order valence-corrected chi connectivity index (χ3v) is 3.58. The molecule has 0 radical (unpaired) electrons. The zero-order chi connectivity index (χ0) is 15.6. The summed E-state index contributed by atoms with van der Waals surface area (Å²) >= 11 is 0. The molecule has 2 rings (SSSR count). The van der Waals surface area contributed by atoms with Crippen molar-refractivity contribution in [1.82, 2.24) is 4.98 Å². The lowest BCUT2D eigenvalue weighted by atomic mass is 10.1. The number of nitrogens with zero attached hydrogens (tertiary/aromatic N) is 2. The predicted octanol–water partition coefficient (Wildman–Crippen LogP) is 3.66. The molecule has 2 N–H and O–H groups in total. The Labute approximate surface area is 127 Å². The van der Waals surface area contributed by atoms with Gasteiger partial charge in [0.2, 0.25) is 0 Å². The second-order valence-corrected chi connectivity index (χ2v) is 6.07. The maximum atomic E-state index is 5.86. The third kappa shape index (κ3) is 3.82. The molecule has 0 fully saturated rings. The zero-order valence-corrected chi connectivity index (χ0v) is 13.6. The van der Waals surface area contributed by atoms with Crippen molar-refractivity contribution in [2.45, 2.75) is 40.2 Å². The first-order valence-electron chi connectivity index (χ1n) is 7.40. The first-order chi connectivity index (χ1) is 9.86. The average molecular weight is 283 g/mol. The number of hydrogen-bond acceptors (Lipinski definition) is 3. The fourth-order valence-corrected chi connectivity index (χ4v) is 2.73. The van der Waals surface area contributed by atoms with E-state index in [9.17, 15) is 0 Å². The van der Waals surface area contributed by atoms with Gasteiger partial charge in [0.25, 0.3) is 0 Å². The molecule has 1 heterocycles. The molecule has 1 unspecified atom stereocenters. The van der Waals surface area contributed by atoms with Crippen LogP contribution in [0.1, 0.15) is 29.2 Å². The van der Waals surface area contributed by atoms with Crippen molar-refractivity contribution in [2.75, 3.05) is 11.9 Å². The second kappa shape index (κ2) is 6.27. The van der Waals surface area contributed by atoms with Crippen molar-refractivity contribution in [3.63, 3.8) is 0 Å². The number of anilines is 2. The van der Waals surface area contributed by atoms with Crippen LogP contribution >= 0.6 is 0 Å². The SMILES string of the molecule is Cc1cc(C)cc(N(C)c2ncc(CC(C)N)cc2C)c1. The van der Waals surface area contributed by atoms with Crippen molar-refractivity contribution in [1.29, 1.82) is 0 Å². The molecular weight excluding hydrogens is 258 g/mol. The summed E-state index contributed by atoms with van der Waals surface area (Å²) in [4.78, 5) is 6.78. The number of benzene rings is 1. The summed E-state index contributed by atoms with van der Waals surface area (Å²) in [6, 6.07) is 8.90. The lowest BCUT2D eigenvalue weighted by Gasteiger charge is -2.22. The molecule has 3 nitrogen and oxygen atoms in total. The van der Waals surface area contributed by atoms with Crippen LogP contribution in [0.3, 0.4) is 0 Å². The Kier molecular flexibility index (Phi) is 4.63. The average Bonchev–Trinajstić information content (AvgIpc) is 2.36. The molecule has 0 amide bonds. The van der Waals surface area contributed by atoms with Gasteiger partial charge in [0.1, 0.15) is 5.82 Å². The van der Waals surface area contributed by atoms with E-state index in [4.69, 9.17) is 5.73 Å². The highest BCUT2D eigenvalue weighted by Crippen LogP contribution is 2.27. The first kappa shape index (κ1) is 15.5. The number of aromatic nitrogens is 1. The molecule has 0 bridgehead atoms. The minimum atomic E-state index is 0.161. The van der Waals surface area contributed by atoms with Crippen molar-refractivity contribution in [3.8, 4) is 0 Å². The van der Waals surface area contributed by atoms with Crippen LogP contribution in [0.2, 0.25) is 0 Å². The van der Waals surface area contributed by atoms with Crippen LogP contribution in [0.4, 0.5) is 11.5 Å². The van der Waals surface area contributed by atoms with Crippen molar-refractivity contribution < 1.29 is 0 Å². The molecule has 2 aromatic rings. The van der Waals surface area contributed by atoms with Gasteiger partial charge in [-0.1, -0.05) is 12.1 Å². The molecule has 3 heteroatoms. The fraction of sp³-hybridized carbons (Fsp3) is 0.389. The van der Waals surface area contributed by atoms with Crippen LogP contribution in [0.5, 0.6) is 0 Å². The van der Waals surface area contributed by atoms with Gasteiger partial charge >= 0.3 is 0 Å². The highest BCUT2D eigenvalue weighted by Gasteiger charge is 2.10. The highest BCUT2D eigenvalue weighted by molar-refractivity contribution is 5.63. The summed E-state index contributed by atoms with van der Waals surface area (Å²) in [5.74, 6) is 0.994. The molecule has 0 aliphatic rings. The minimum absolute atomic E-state index is 0.161. The topological polar surface area (TPSA) is 42.2 Å². The van der Waals surface area contributed by atoms with Gasteiger partial charge in [0, 0.05) is 25.0 Å². The number of hydrogen-bond donors (Lipinski definition) is 1. The van der Waals surface area contributed by atoms with Gasteiger partial charge < -0.3 is 10.6 Å². The third-order valence-electron chi connectivity index (χ3n) is 3.58. The maximum absolute atomic E-state index is 5.86. The van der Waals surface area contributed by atoms with Gasteiger partial charge in [-0.3, -0.25) is 0 Å². The van der Waals surface area contributed by atoms with Crippen molar-refractivity contribution in [2.24, 2.45) is 5.73 Å². The Morgan fingerprint density at radius 3 is 2.24 bits per heavy atom. The van der Waals surface area contributed by atoms with Gasteiger partial charge in [0.15, 0.2) is 0 Å². The molecule has 21 heavy (non-hydrogen) atoms. The first-order valence-corrected chi connectivity index (χ1v) is 7.40. The summed E-state index contributed by atoms with van der Waals surface area (Å²) in [5, 5.41) is 0. The quantitative estimate of drug-likeness (QED) is 0.931. The van der Waals surface area contributed by atoms with Crippen molar-refractivity contribution >= 4 is 11.5 Å². The van der Waals surface area contributed by atoms with E-state index in [1.807, 2.05) is 13.1 Å². The Hall–Kier alpha value is -1.87. The van der Waals surface area contributed by atoms with Crippen LogP contribution in [0, 0.1) is 20.8 Å². The van der Waals surface area contributed by atoms with Gasteiger partial charge in [-0.2, -0.15) is 0 Å². The van der Waals surface area contributed by atoms with Crippen molar-refractivity contribution in [3.05, 3.63) is 52.7 Å². The Morgan fingerprint density at radius 2 is 1.71 bits per heavy atom. The van der Waals surface area contributed by atoms with E-state index >= 15 is 0 Å². The molecule has 0 aliphatic carbocycles. The van der Waals surface area contributed by atoms with Crippen LogP contribution in [0.25, 0.3) is 0 Å². The molecule has 0 saturated carbocycles. The smallest absolute Gasteiger partial charge is 0.135 e. The molecule has 112 valence electrons. The number of rotatable bonds is 4. The maximum Gasteiger partial charge on any atom is 0.135 e. The summed E-state index contributed by atoms with van der Waals surface area (Å²) < 4.78 is 0. The van der Waals surface area contributed by atoms with Gasteiger partial charge in [-0.25, -0.2) is 4.98 Å². The van der Waals surface area contributed by atoms with E-state index in [2.05, 4.69) is 62.0 Å².